The highest BCUT2D eigenvalue weighted by molar-refractivity contribution is 6.31. The Morgan fingerprint density at radius 3 is 1.08 bits per heavy atom. The van der Waals surface area contributed by atoms with E-state index >= 15 is 0 Å². The Morgan fingerprint density at radius 1 is 0.560 bits per heavy atom. The van der Waals surface area contributed by atoms with Gasteiger partial charge in [0.2, 0.25) is 0 Å². The van der Waals surface area contributed by atoms with Crippen molar-refractivity contribution in [3.63, 3.8) is 0 Å². The van der Waals surface area contributed by atoms with Crippen molar-refractivity contribution in [1.82, 2.24) is 0 Å². The third-order valence-electron chi connectivity index (χ3n) is 2.64. The molecule has 0 amide bonds. The predicted octanol–water partition coefficient (Wildman–Crippen LogP) is 9.04. The molecule has 25 heavy (non-hydrogen) atoms. The number of hydrogen-bond acceptors (Lipinski definition) is 0. The zero-order valence-corrected chi connectivity index (χ0v) is 20.4. The van der Waals surface area contributed by atoms with Gasteiger partial charge in [-0.2, -0.15) is 0 Å². The van der Waals surface area contributed by atoms with E-state index in [2.05, 4.69) is 115 Å². The SMILES string of the molecule is CC(C)(C)C.CC(C)(C)C.CC(C)(C)c1ccc(C(C)(C)C)c(Cl)c1. The lowest BCUT2D eigenvalue weighted by Gasteiger charge is -2.24. The summed E-state index contributed by atoms with van der Waals surface area (Å²) in [5.41, 5.74) is 3.80. The molecule has 0 unspecified atom stereocenters. The zero-order valence-electron chi connectivity index (χ0n) is 19.6. The van der Waals surface area contributed by atoms with Gasteiger partial charge in [0, 0.05) is 5.02 Å². The van der Waals surface area contributed by atoms with Crippen molar-refractivity contribution < 1.29 is 0 Å². The number of halogens is 1. The Kier molecular flexibility index (Phi) is 10.1. The molecule has 148 valence electrons. The van der Waals surface area contributed by atoms with Crippen LogP contribution in [0.25, 0.3) is 0 Å². The average Bonchev–Trinajstić information content (AvgIpc) is 2.20. The molecule has 0 atom stereocenters. The molecule has 1 aromatic rings. The molecule has 0 N–H and O–H groups in total. The lowest BCUT2D eigenvalue weighted by Crippen LogP contribution is -2.15. The first-order valence-corrected chi connectivity index (χ1v) is 9.80. The van der Waals surface area contributed by atoms with Crippen molar-refractivity contribution in [3.05, 3.63) is 34.3 Å². The maximum atomic E-state index is 6.32. The summed E-state index contributed by atoms with van der Waals surface area (Å²) in [7, 11) is 0. The minimum Gasteiger partial charge on any atom is -0.0840 e. The summed E-state index contributed by atoms with van der Waals surface area (Å²) in [6, 6.07) is 6.44. The Hall–Kier alpha value is -0.490. The first-order valence-electron chi connectivity index (χ1n) is 9.43. The van der Waals surface area contributed by atoms with Gasteiger partial charge in [0.1, 0.15) is 0 Å². The van der Waals surface area contributed by atoms with Crippen LogP contribution >= 0.6 is 11.6 Å². The number of benzene rings is 1. The normalized spacial score (nSPS) is 12.6. The van der Waals surface area contributed by atoms with E-state index in [4.69, 9.17) is 11.6 Å². The van der Waals surface area contributed by atoms with E-state index in [1.54, 1.807) is 0 Å². The fourth-order valence-corrected chi connectivity index (χ4v) is 2.05. The van der Waals surface area contributed by atoms with E-state index in [0.717, 1.165) is 5.02 Å². The van der Waals surface area contributed by atoms with Crippen molar-refractivity contribution in [2.24, 2.45) is 10.8 Å². The smallest absolute Gasteiger partial charge is 0.0446 e. The maximum absolute atomic E-state index is 6.32. The minimum atomic E-state index is 0.119. The van der Waals surface area contributed by atoms with E-state index in [0.29, 0.717) is 10.8 Å². The van der Waals surface area contributed by atoms with E-state index in [-0.39, 0.29) is 10.8 Å². The van der Waals surface area contributed by atoms with Gasteiger partial charge in [-0.15, -0.1) is 0 Å². The van der Waals surface area contributed by atoms with Crippen molar-refractivity contribution in [1.29, 1.82) is 0 Å². The number of rotatable bonds is 0. The average molecular weight is 369 g/mol. The molecule has 0 saturated carbocycles. The molecule has 0 bridgehead atoms. The molecule has 0 radical (unpaired) electrons. The first-order chi connectivity index (χ1) is 10.6. The molecule has 0 nitrogen and oxygen atoms in total. The monoisotopic (exact) mass is 368 g/mol. The topological polar surface area (TPSA) is 0 Å². The molecular weight excluding hydrogens is 324 g/mol. The fourth-order valence-electron chi connectivity index (χ4n) is 1.59. The van der Waals surface area contributed by atoms with Gasteiger partial charge in [0.05, 0.1) is 0 Å². The molecular formula is C24H45Cl. The van der Waals surface area contributed by atoms with E-state index in [1.807, 2.05) is 0 Å². The second-order valence-corrected chi connectivity index (χ2v) is 12.6. The van der Waals surface area contributed by atoms with E-state index in [1.165, 1.54) is 11.1 Å². The Labute approximate surface area is 164 Å². The van der Waals surface area contributed by atoms with Gasteiger partial charge in [-0.25, -0.2) is 0 Å². The van der Waals surface area contributed by atoms with Crippen molar-refractivity contribution in [2.45, 2.75) is 108 Å². The Bertz CT molecular complexity index is 473. The molecule has 0 heterocycles. The van der Waals surface area contributed by atoms with Crippen LogP contribution < -0.4 is 0 Å². The standard InChI is InChI=1S/C14H21Cl.2C5H12/c1-13(2,3)10-7-8-11(12(15)9-10)14(4,5)6;2*1-5(2,3)4/h7-9H,1-6H3;2*1-4H3. The molecule has 0 spiro atoms. The lowest BCUT2D eigenvalue weighted by molar-refractivity contribution is 0.469. The van der Waals surface area contributed by atoms with Crippen LogP contribution in [0.15, 0.2) is 18.2 Å². The summed E-state index contributed by atoms with van der Waals surface area (Å²) >= 11 is 6.32. The molecule has 0 fully saturated rings. The molecule has 0 aliphatic rings. The van der Waals surface area contributed by atoms with Crippen LogP contribution in [0.3, 0.4) is 0 Å². The van der Waals surface area contributed by atoms with Gasteiger partial charge in [-0.1, -0.05) is 121 Å². The van der Waals surface area contributed by atoms with Gasteiger partial charge in [0.25, 0.3) is 0 Å². The van der Waals surface area contributed by atoms with Crippen LogP contribution in [0.5, 0.6) is 0 Å². The summed E-state index contributed by atoms with van der Waals surface area (Å²) in [5.74, 6) is 0. The van der Waals surface area contributed by atoms with Crippen LogP contribution in [0.4, 0.5) is 0 Å². The van der Waals surface area contributed by atoms with E-state index in [9.17, 15) is 0 Å². The van der Waals surface area contributed by atoms with Crippen molar-refractivity contribution in [3.8, 4) is 0 Å². The van der Waals surface area contributed by atoms with Crippen LogP contribution in [-0.2, 0) is 10.8 Å². The van der Waals surface area contributed by atoms with Crippen molar-refractivity contribution >= 4 is 11.6 Å². The predicted molar refractivity (Wildman–Crippen MR) is 119 cm³/mol. The largest absolute Gasteiger partial charge is 0.0840 e. The molecule has 0 aromatic heterocycles. The molecule has 0 aliphatic carbocycles. The summed E-state index contributed by atoms with van der Waals surface area (Å²) < 4.78 is 0. The highest BCUT2D eigenvalue weighted by Gasteiger charge is 2.20. The van der Waals surface area contributed by atoms with Crippen LogP contribution in [0.1, 0.15) is 108 Å². The van der Waals surface area contributed by atoms with Crippen LogP contribution in [-0.4, -0.2) is 0 Å². The van der Waals surface area contributed by atoms with Gasteiger partial charge < -0.3 is 0 Å². The molecule has 1 rings (SSSR count). The van der Waals surface area contributed by atoms with Crippen LogP contribution in [0, 0.1) is 10.8 Å². The summed E-state index contributed by atoms with van der Waals surface area (Å²) in [4.78, 5) is 0. The highest BCUT2D eigenvalue weighted by atomic mass is 35.5. The van der Waals surface area contributed by atoms with Crippen molar-refractivity contribution in [2.75, 3.05) is 0 Å². The maximum Gasteiger partial charge on any atom is 0.0446 e. The summed E-state index contributed by atoms with van der Waals surface area (Å²) in [5, 5.41) is 0.884. The highest BCUT2D eigenvalue weighted by Crippen LogP contribution is 2.33. The van der Waals surface area contributed by atoms with E-state index < -0.39 is 0 Å². The Morgan fingerprint density at radius 2 is 0.880 bits per heavy atom. The molecule has 1 aromatic carbocycles. The summed E-state index contributed by atoms with van der Waals surface area (Å²) in [6.07, 6.45) is 0. The summed E-state index contributed by atoms with van der Waals surface area (Å²) in [6.45, 7) is 30.7. The molecule has 0 saturated heterocycles. The van der Waals surface area contributed by atoms with Gasteiger partial charge in [-0.05, 0) is 38.9 Å². The van der Waals surface area contributed by atoms with Gasteiger partial charge >= 0.3 is 0 Å². The molecule has 1 heteroatoms. The zero-order chi connectivity index (χ0) is 20.9. The lowest BCUT2D eigenvalue weighted by atomic mass is 9.82. The van der Waals surface area contributed by atoms with Gasteiger partial charge in [0.15, 0.2) is 0 Å². The fraction of sp³-hybridized carbons (Fsp3) is 0.750. The van der Waals surface area contributed by atoms with Gasteiger partial charge in [-0.3, -0.25) is 0 Å². The minimum absolute atomic E-state index is 0.119. The molecule has 0 aliphatic heterocycles. The Balaban J connectivity index is 0. The first kappa shape index (κ1) is 26.7. The van der Waals surface area contributed by atoms with Crippen LogP contribution in [0.2, 0.25) is 5.02 Å². The number of hydrogen-bond donors (Lipinski definition) is 0. The third-order valence-corrected chi connectivity index (χ3v) is 2.96. The third kappa shape index (κ3) is 18.1. The second kappa shape index (κ2) is 9.45. The quantitative estimate of drug-likeness (QED) is 0.428. The second-order valence-electron chi connectivity index (χ2n) is 12.2.